The van der Waals surface area contributed by atoms with Crippen molar-refractivity contribution in [1.29, 1.82) is 0 Å². The fraction of sp³-hybridized carbons (Fsp3) is 0.300. The average Bonchev–Trinajstić information content (AvgIpc) is 2.87. The molecule has 36 heavy (non-hydrogen) atoms. The lowest BCUT2D eigenvalue weighted by Crippen LogP contribution is -2.42. The molecule has 0 spiro atoms. The summed E-state index contributed by atoms with van der Waals surface area (Å²) in [6.45, 7) is 5.63. The van der Waals surface area contributed by atoms with E-state index >= 15 is 0 Å². The summed E-state index contributed by atoms with van der Waals surface area (Å²) in [6.07, 6.45) is 1.30. The molecule has 0 aliphatic carbocycles. The van der Waals surface area contributed by atoms with Gasteiger partial charge in [-0.1, -0.05) is 81.4 Å². The van der Waals surface area contributed by atoms with Crippen LogP contribution < -0.4 is 15.2 Å². The van der Waals surface area contributed by atoms with Gasteiger partial charge in [0, 0.05) is 18.4 Å². The molecule has 2 N–H and O–H groups in total. The van der Waals surface area contributed by atoms with Gasteiger partial charge in [-0.05, 0) is 47.6 Å². The number of carbonyl (C=O) groups is 3. The summed E-state index contributed by atoms with van der Waals surface area (Å²) in [5.41, 5.74) is 8.01. The second kappa shape index (κ2) is 12.3. The number of rotatable bonds is 10. The van der Waals surface area contributed by atoms with Crippen LogP contribution in [0.2, 0.25) is 0 Å². The highest BCUT2D eigenvalue weighted by molar-refractivity contribution is 6.01. The lowest BCUT2D eigenvalue weighted by Gasteiger charge is -2.25. The highest BCUT2D eigenvalue weighted by atomic mass is 16.6. The Morgan fingerprint density at radius 1 is 0.722 bits per heavy atom. The number of esters is 2. The van der Waals surface area contributed by atoms with E-state index in [2.05, 4.69) is 0 Å². The van der Waals surface area contributed by atoms with Crippen molar-refractivity contribution in [3.8, 4) is 11.5 Å². The third-order valence-electron chi connectivity index (χ3n) is 5.81. The molecule has 3 aromatic rings. The Balaban J connectivity index is 1.76. The Morgan fingerprint density at radius 3 is 1.67 bits per heavy atom. The number of nitrogens with two attached hydrogens (primary N) is 1. The molecule has 0 aliphatic rings. The monoisotopic (exact) mass is 487 g/mol. The summed E-state index contributed by atoms with van der Waals surface area (Å²) >= 11 is 0. The van der Waals surface area contributed by atoms with E-state index in [9.17, 15) is 14.4 Å². The molecule has 0 amide bonds. The maximum atomic E-state index is 13.0. The van der Waals surface area contributed by atoms with Gasteiger partial charge >= 0.3 is 11.9 Å². The summed E-state index contributed by atoms with van der Waals surface area (Å²) in [7, 11) is 0. The van der Waals surface area contributed by atoms with E-state index in [1.807, 2.05) is 81.4 Å². The van der Waals surface area contributed by atoms with Gasteiger partial charge in [0.15, 0.2) is 17.3 Å². The maximum absolute atomic E-state index is 13.0. The average molecular weight is 488 g/mol. The van der Waals surface area contributed by atoms with Crippen LogP contribution in [0.25, 0.3) is 0 Å². The van der Waals surface area contributed by atoms with E-state index in [1.165, 1.54) is 18.2 Å². The van der Waals surface area contributed by atoms with Crippen LogP contribution in [0, 0.1) is 5.41 Å². The SMILES string of the molecule is CC(C)(C)C(N)C(=O)c1ccc(OC(=O)CCc2ccccc2)c(OC(=O)CCc2ccccc2)c1. The highest BCUT2D eigenvalue weighted by Gasteiger charge is 2.29. The van der Waals surface area contributed by atoms with Crippen molar-refractivity contribution in [1.82, 2.24) is 0 Å². The van der Waals surface area contributed by atoms with Crippen LogP contribution in [-0.2, 0) is 22.4 Å². The van der Waals surface area contributed by atoms with Crippen LogP contribution in [0.5, 0.6) is 11.5 Å². The summed E-state index contributed by atoms with van der Waals surface area (Å²) < 4.78 is 11.1. The zero-order chi connectivity index (χ0) is 26.1. The van der Waals surface area contributed by atoms with Crippen LogP contribution in [-0.4, -0.2) is 23.8 Å². The predicted octanol–water partition coefficient (Wildman–Crippen LogP) is 5.32. The van der Waals surface area contributed by atoms with Crippen molar-refractivity contribution < 1.29 is 23.9 Å². The molecule has 0 bridgehead atoms. The van der Waals surface area contributed by atoms with E-state index < -0.39 is 23.4 Å². The van der Waals surface area contributed by atoms with E-state index in [1.54, 1.807) is 0 Å². The molecule has 0 fully saturated rings. The largest absolute Gasteiger partial charge is 0.423 e. The number of hydrogen-bond donors (Lipinski definition) is 1. The fourth-order valence-corrected chi connectivity index (χ4v) is 3.53. The first kappa shape index (κ1) is 26.8. The third kappa shape index (κ3) is 7.89. The van der Waals surface area contributed by atoms with Gasteiger partial charge in [-0.3, -0.25) is 14.4 Å². The van der Waals surface area contributed by atoms with Gasteiger partial charge in [0.05, 0.1) is 6.04 Å². The van der Waals surface area contributed by atoms with Gasteiger partial charge in [0.2, 0.25) is 0 Å². The number of benzene rings is 3. The van der Waals surface area contributed by atoms with Crippen LogP contribution >= 0.6 is 0 Å². The standard InChI is InChI=1S/C30H33NO5/c1-30(2,3)29(31)28(34)23-16-17-24(35-26(32)18-14-21-10-6-4-7-11-21)25(20-23)36-27(33)19-15-22-12-8-5-9-13-22/h4-13,16-17,20,29H,14-15,18-19,31H2,1-3H3. The molecular weight excluding hydrogens is 454 g/mol. The van der Waals surface area contributed by atoms with Crippen LogP contribution in [0.3, 0.4) is 0 Å². The molecule has 0 radical (unpaired) electrons. The quantitative estimate of drug-likeness (QED) is 0.236. The van der Waals surface area contributed by atoms with E-state index in [-0.39, 0.29) is 35.7 Å². The van der Waals surface area contributed by atoms with Crippen molar-refractivity contribution in [3.63, 3.8) is 0 Å². The normalized spacial score (nSPS) is 12.0. The number of ether oxygens (including phenoxy) is 2. The molecular formula is C30H33NO5. The Kier molecular flexibility index (Phi) is 9.14. The van der Waals surface area contributed by atoms with Gasteiger partial charge in [0.1, 0.15) is 0 Å². The minimum atomic E-state index is -0.751. The number of carbonyl (C=O) groups excluding carboxylic acids is 3. The molecule has 1 atom stereocenters. The molecule has 0 saturated carbocycles. The molecule has 0 aliphatic heterocycles. The van der Waals surface area contributed by atoms with Crippen LogP contribution in [0.1, 0.15) is 55.1 Å². The molecule has 1 unspecified atom stereocenters. The molecule has 0 heterocycles. The first-order valence-corrected chi connectivity index (χ1v) is 12.1. The van der Waals surface area contributed by atoms with Crippen molar-refractivity contribution in [2.45, 2.75) is 52.5 Å². The first-order valence-electron chi connectivity index (χ1n) is 12.1. The van der Waals surface area contributed by atoms with Crippen LogP contribution in [0.15, 0.2) is 78.9 Å². The Bertz CT molecular complexity index is 1180. The number of aryl methyl sites for hydroxylation is 2. The Hall–Kier alpha value is -3.77. The van der Waals surface area contributed by atoms with Crippen molar-refractivity contribution in [2.24, 2.45) is 11.1 Å². The molecule has 3 rings (SSSR count). The minimum Gasteiger partial charge on any atom is -0.423 e. The number of hydrogen-bond acceptors (Lipinski definition) is 6. The highest BCUT2D eigenvalue weighted by Crippen LogP contribution is 2.31. The summed E-state index contributed by atoms with van der Waals surface area (Å²) in [6, 6.07) is 22.9. The maximum Gasteiger partial charge on any atom is 0.311 e. The summed E-state index contributed by atoms with van der Waals surface area (Å²) in [4.78, 5) is 38.1. The fourth-order valence-electron chi connectivity index (χ4n) is 3.53. The minimum absolute atomic E-state index is 0.0214. The van der Waals surface area contributed by atoms with Gasteiger partial charge in [-0.25, -0.2) is 0 Å². The molecule has 3 aromatic carbocycles. The summed E-state index contributed by atoms with van der Waals surface area (Å²) in [5, 5.41) is 0. The smallest absolute Gasteiger partial charge is 0.311 e. The van der Waals surface area contributed by atoms with Crippen molar-refractivity contribution in [3.05, 3.63) is 95.6 Å². The van der Waals surface area contributed by atoms with E-state index in [0.29, 0.717) is 12.8 Å². The summed E-state index contributed by atoms with van der Waals surface area (Å²) in [5.74, 6) is -1.14. The number of ketones is 1. The molecule has 6 nitrogen and oxygen atoms in total. The zero-order valence-corrected chi connectivity index (χ0v) is 21.0. The van der Waals surface area contributed by atoms with Crippen LogP contribution in [0.4, 0.5) is 0 Å². The third-order valence-corrected chi connectivity index (χ3v) is 5.81. The first-order chi connectivity index (χ1) is 17.1. The second-order valence-corrected chi connectivity index (χ2v) is 9.79. The predicted molar refractivity (Wildman–Crippen MR) is 139 cm³/mol. The van der Waals surface area contributed by atoms with Crippen molar-refractivity contribution >= 4 is 17.7 Å². The van der Waals surface area contributed by atoms with Gasteiger partial charge in [-0.15, -0.1) is 0 Å². The van der Waals surface area contributed by atoms with E-state index in [4.69, 9.17) is 15.2 Å². The van der Waals surface area contributed by atoms with Gasteiger partial charge in [-0.2, -0.15) is 0 Å². The zero-order valence-electron chi connectivity index (χ0n) is 21.0. The molecule has 0 saturated heterocycles. The molecule has 0 aromatic heterocycles. The van der Waals surface area contributed by atoms with E-state index in [0.717, 1.165) is 11.1 Å². The Labute approximate surface area is 212 Å². The van der Waals surface area contributed by atoms with Crippen molar-refractivity contribution in [2.75, 3.05) is 0 Å². The van der Waals surface area contributed by atoms with Gasteiger partial charge < -0.3 is 15.2 Å². The topological polar surface area (TPSA) is 95.7 Å². The molecule has 188 valence electrons. The molecule has 6 heteroatoms. The van der Waals surface area contributed by atoms with Gasteiger partial charge in [0.25, 0.3) is 0 Å². The second-order valence-electron chi connectivity index (χ2n) is 9.79. The number of Topliss-reactive ketones (excluding diaryl/α,β-unsaturated/α-hetero) is 1. The lowest BCUT2D eigenvalue weighted by molar-refractivity contribution is -0.137. The Morgan fingerprint density at radius 2 is 1.19 bits per heavy atom. The lowest BCUT2D eigenvalue weighted by atomic mass is 9.83.